The van der Waals surface area contributed by atoms with Gasteiger partial charge in [-0.3, -0.25) is 9.69 Å². The largest absolute Gasteiger partial charge is 0.468 e. The summed E-state index contributed by atoms with van der Waals surface area (Å²) in [5, 5.41) is 0. The molecule has 0 aromatic heterocycles. The van der Waals surface area contributed by atoms with Crippen molar-refractivity contribution in [1.82, 2.24) is 4.90 Å². The fourth-order valence-corrected chi connectivity index (χ4v) is 3.11. The number of rotatable bonds is 2. The highest BCUT2D eigenvalue weighted by Gasteiger charge is 2.41. The van der Waals surface area contributed by atoms with Gasteiger partial charge < -0.3 is 15.2 Å². The van der Waals surface area contributed by atoms with Gasteiger partial charge in [-0.05, 0) is 32.1 Å². The molecule has 2 unspecified atom stereocenters. The summed E-state index contributed by atoms with van der Waals surface area (Å²) in [6.07, 6.45) is 4.62. The molecule has 1 saturated carbocycles. The van der Waals surface area contributed by atoms with Crippen molar-refractivity contribution in [2.75, 3.05) is 33.4 Å². The third-order valence-electron chi connectivity index (χ3n) is 4.13. The Kier molecular flexibility index (Phi) is 4.59. The Hall–Kier alpha value is -0.650. The number of carbonyl (C=O) groups excluding carboxylic acids is 1. The molecule has 104 valence electrons. The van der Waals surface area contributed by atoms with Gasteiger partial charge in [0.2, 0.25) is 0 Å². The molecule has 2 rings (SSSR count). The van der Waals surface area contributed by atoms with Crippen molar-refractivity contribution in [2.24, 2.45) is 5.73 Å². The second-order valence-electron chi connectivity index (χ2n) is 5.40. The number of hydrogen-bond donors (Lipinski definition) is 1. The highest BCUT2D eigenvalue weighted by atomic mass is 16.5. The second-order valence-corrected chi connectivity index (χ2v) is 5.40. The molecule has 1 saturated heterocycles. The summed E-state index contributed by atoms with van der Waals surface area (Å²) < 4.78 is 10.3. The van der Waals surface area contributed by atoms with Gasteiger partial charge in [-0.2, -0.15) is 0 Å². The number of esters is 1. The van der Waals surface area contributed by atoms with Gasteiger partial charge in [-0.25, -0.2) is 0 Å². The van der Waals surface area contributed by atoms with Gasteiger partial charge in [0.1, 0.15) is 5.54 Å². The van der Waals surface area contributed by atoms with Crippen LogP contribution in [0.25, 0.3) is 0 Å². The van der Waals surface area contributed by atoms with E-state index in [9.17, 15) is 4.79 Å². The number of ether oxygens (including phenoxy) is 2. The third-order valence-corrected chi connectivity index (χ3v) is 4.13. The van der Waals surface area contributed by atoms with Crippen LogP contribution in [0.5, 0.6) is 0 Å². The fourth-order valence-electron chi connectivity index (χ4n) is 3.11. The van der Waals surface area contributed by atoms with Crippen LogP contribution in [0.4, 0.5) is 0 Å². The minimum absolute atomic E-state index is 0.265. The zero-order valence-electron chi connectivity index (χ0n) is 11.2. The molecule has 1 aliphatic carbocycles. The molecule has 18 heavy (non-hydrogen) atoms. The Labute approximate surface area is 109 Å². The molecule has 1 aliphatic heterocycles. The lowest BCUT2D eigenvalue weighted by Crippen LogP contribution is -2.56. The summed E-state index contributed by atoms with van der Waals surface area (Å²) in [4.78, 5) is 14.2. The van der Waals surface area contributed by atoms with Crippen LogP contribution in [0.3, 0.4) is 0 Å². The van der Waals surface area contributed by atoms with Crippen molar-refractivity contribution >= 4 is 5.97 Å². The highest BCUT2D eigenvalue weighted by Crippen LogP contribution is 2.30. The van der Waals surface area contributed by atoms with Gasteiger partial charge >= 0.3 is 5.97 Å². The maximum atomic E-state index is 11.8. The first-order valence-corrected chi connectivity index (χ1v) is 6.85. The number of carbonyl (C=O) groups is 1. The van der Waals surface area contributed by atoms with Crippen LogP contribution in [0, 0.1) is 0 Å². The van der Waals surface area contributed by atoms with Gasteiger partial charge in [0.15, 0.2) is 0 Å². The predicted molar refractivity (Wildman–Crippen MR) is 68.2 cm³/mol. The van der Waals surface area contributed by atoms with Crippen LogP contribution in [-0.2, 0) is 14.3 Å². The first-order chi connectivity index (χ1) is 8.65. The summed E-state index contributed by atoms with van der Waals surface area (Å²) in [5.74, 6) is -0.265. The zero-order chi connectivity index (χ0) is 13.0. The average Bonchev–Trinajstić information content (AvgIpc) is 2.66. The van der Waals surface area contributed by atoms with Crippen LogP contribution < -0.4 is 5.73 Å². The summed E-state index contributed by atoms with van der Waals surface area (Å²) in [5.41, 5.74) is 5.43. The van der Waals surface area contributed by atoms with Crippen LogP contribution >= 0.6 is 0 Å². The van der Waals surface area contributed by atoms with E-state index in [1.807, 2.05) is 0 Å². The molecule has 0 bridgehead atoms. The van der Waals surface area contributed by atoms with Crippen molar-refractivity contribution in [2.45, 2.75) is 43.7 Å². The van der Waals surface area contributed by atoms with Crippen LogP contribution in [-0.4, -0.2) is 55.9 Å². The molecular formula is C13H24N2O3. The quantitative estimate of drug-likeness (QED) is 0.730. The van der Waals surface area contributed by atoms with Crippen molar-refractivity contribution in [3.05, 3.63) is 0 Å². The average molecular weight is 256 g/mol. The summed E-state index contributed by atoms with van der Waals surface area (Å²) in [7, 11) is 1.42. The topological polar surface area (TPSA) is 64.8 Å². The van der Waals surface area contributed by atoms with E-state index in [1.165, 1.54) is 7.11 Å². The van der Waals surface area contributed by atoms with E-state index in [0.717, 1.165) is 52.0 Å². The fraction of sp³-hybridized carbons (Fsp3) is 0.923. The molecule has 5 nitrogen and oxygen atoms in total. The lowest BCUT2D eigenvalue weighted by molar-refractivity contribution is -0.149. The van der Waals surface area contributed by atoms with Crippen LogP contribution in [0.2, 0.25) is 0 Å². The Bertz CT molecular complexity index is 290. The van der Waals surface area contributed by atoms with E-state index < -0.39 is 5.54 Å². The number of hydrogen-bond acceptors (Lipinski definition) is 5. The summed E-state index contributed by atoms with van der Waals surface area (Å²) >= 11 is 0. The molecular weight excluding hydrogens is 232 g/mol. The van der Waals surface area contributed by atoms with Gasteiger partial charge in [0.05, 0.1) is 13.7 Å². The minimum atomic E-state index is -0.787. The minimum Gasteiger partial charge on any atom is -0.468 e. The predicted octanol–water partition coefficient (Wildman–Crippen LogP) is 0.522. The maximum Gasteiger partial charge on any atom is 0.325 e. The molecule has 2 atom stereocenters. The molecule has 0 amide bonds. The van der Waals surface area contributed by atoms with Crippen molar-refractivity contribution in [3.63, 3.8) is 0 Å². The number of nitrogens with zero attached hydrogens (tertiary/aromatic N) is 1. The normalized spacial score (nSPS) is 34.9. The van der Waals surface area contributed by atoms with E-state index in [1.54, 1.807) is 0 Å². The third kappa shape index (κ3) is 3.02. The molecule has 2 aliphatic rings. The van der Waals surface area contributed by atoms with E-state index >= 15 is 0 Å². The molecule has 0 radical (unpaired) electrons. The summed E-state index contributed by atoms with van der Waals surface area (Å²) in [6, 6.07) is 0.393. The van der Waals surface area contributed by atoms with Gasteiger partial charge in [-0.1, -0.05) is 0 Å². The van der Waals surface area contributed by atoms with Gasteiger partial charge in [0.25, 0.3) is 0 Å². The first kappa shape index (κ1) is 13.8. The molecule has 1 heterocycles. The van der Waals surface area contributed by atoms with Crippen molar-refractivity contribution < 1.29 is 14.3 Å². The lowest BCUT2D eigenvalue weighted by atomic mass is 9.79. The first-order valence-electron chi connectivity index (χ1n) is 6.85. The van der Waals surface area contributed by atoms with Gasteiger partial charge in [-0.15, -0.1) is 0 Å². The molecule has 2 N–H and O–H groups in total. The molecule has 5 heteroatoms. The molecule has 2 fully saturated rings. The Morgan fingerprint density at radius 3 is 3.00 bits per heavy atom. The van der Waals surface area contributed by atoms with Crippen molar-refractivity contribution in [1.29, 1.82) is 0 Å². The number of nitrogens with two attached hydrogens (primary N) is 1. The Balaban J connectivity index is 1.98. The molecule has 0 aromatic carbocycles. The lowest BCUT2D eigenvalue weighted by Gasteiger charge is -2.40. The smallest absolute Gasteiger partial charge is 0.325 e. The van der Waals surface area contributed by atoms with E-state index in [-0.39, 0.29) is 5.97 Å². The molecule has 0 spiro atoms. The highest BCUT2D eigenvalue weighted by molar-refractivity contribution is 5.80. The number of methoxy groups -OCH3 is 1. The van der Waals surface area contributed by atoms with E-state index in [4.69, 9.17) is 15.2 Å². The van der Waals surface area contributed by atoms with E-state index in [0.29, 0.717) is 12.5 Å². The zero-order valence-corrected chi connectivity index (χ0v) is 11.2. The standard InChI is InChI=1S/C13H24N2O3/c1-17-12(16)13(14)5-2-4-11(10-13)15-6-3-8-18-9-7-15/h11H,2-10,14H2,1H3. The van der Waals surface area contributed by atoms with Gasteiger partial charge in [0, 0.05) is 25.7 Å². The van der Waals surface area contributed by atoms with Crippen molar-refractivity contribution in [3.8, 4) is 0 Å². The van der Waals surface area contributed by atoms with Crippen LogP contribution in [0.15, 0.2) is 0 Å². The maximum absolute atomic E-state index is 11.8. The molecule has 0 aromatic rings. The SMILES string of the molecule is COC(=O)C1(N)CCCC(N2CCCOCC2)C1. The second kappa shape index (κ2) is 5.99. The summed E-state index contributed by atoms with van der Waals surface area (Å²) in [6.45, 7) is 3.62. The Morgan fingerprint density at radius 1 is 1.39 bits per heavy atom. The van der Waals surface area contributed by atoms with Crippen LogP contribution in [0.1, 0.15) is 32.1 Å². The monoisotopic (exact) mass is 256 g/mol. The van der Waals surface area contributed by atoms with E-state index in [2.05, 4.69) is 4.90 Å². The Morgan fingerprint density at radius 2 is 2.22 bits per heavy atom.